The van der Waals surface area contributed by atoms with Gasteiger partial charge >= 0.3 is 0 Å². The number of methoxy groups -OCH3 is 1. The molecule has 1 atom stereocenters. The highest BCUT2D eigenvalue weighted by atomic mass is 16.5. The highest BCUT2D eigenvalue weighted by Gasteiger charge is 2.34. The normalized spacial score (nSPS) is 17.4. The first-order valence-corrected chi connectivity index (χ1v) is 9.14. The molecule has 0 radical (unpaired) electrons. The number of carbonyl (C=O) groups excluding carboxylic acids is 1. The lowest BCUT2D eigenvalue weighted by Gasteiger charge is -2.38. The number of carbonyl (C=O) groups is 1. The van der Waals surface area contributed by atoms with Crippen LogP contribution in [0.1, 0.15) is 43.0 Å². The molecule has 5 nitrogen and oxygen atoms in total. The minimum absolute atomic E-state index is 0.0203. The quantitative estimate of drug-likeness (QED) is 0.862. The Morgan fingerprint density at radius 3 is 2.78 bits per heavy atom. The molecule has 1 heterocycles. The average Bonchev–Trinajstić information content (AvgIpc) is 2.61. The lowest BCUT2D eigenvalue weighted by atomic mass is 9.89. The van der Waals surface area contributed by atoms with E-state index in [9.17, 15) is 4.79 Å². The molecule has 5 heteroatoms. The zero-order valence-corrected chi connectivity index (χ0v) is 16.6. The Kier molecular flexibility index (Phi) is 5.31. The summed E-state index contributed by atoms with van der Waals surface area (Å²) in [4.78, 5) is 12.5. The molecular formula is C22H27NO4. The predicted molar refractivity (Wildman–Crippen MR) is 105 cm³/mol. The third-order valence-electron chi connectivity index (χ3n) is 4.93. The van der Waals surface area contributed by atoms with Gasteiger partial charge in [0.25, 0.3) is 5.91 Å². The van der Waals surface area contributed by atoms with E-state index >= 15 is 0 Å². The molecule has 1 aliphatic rings. The maximum Gasteiger partial charge on any atom is 0.258 e. The summed E-state index contributed by atoms with van der Waals surface area (Å²) in [6.45, 7) is 8.03. The van der Waals surface area contributed by atoms with Crippen molar-refractivity contribution in [1.82, 2.24) is 5.32 Å². The van der Waals surface area contributed by atoms with Crippen LogP contribution >= 0.6 is 0 Å². The molecule has 0 saturated heterocycles. The number of nitrogens with one attached hydrogen (secondary N) is 1. The van der Waals surface area contributed by atoms with E-state index in [4.69, 9.17) is 14.2 Å². The molecule has 0 aromatic heterocycles. The van der Waals surface area contributed by atoms with Gasteiger partial charge in [0.15, 0.2) is 6.61 Å². The first-order chi connectivity index (χ1) is 12.8. The Balaban J connectivity index is 1.71. The van der Waals surface area contributed by atoms with Crippen LogP contribution in [0.3, 0.4) is 0 Å². The maximum absolute atomic E-state index is 12.5. The van der Waals surface area contributed by atoms with E-state index in [1.807, 2.05) is 64.1 Å². The van der Waals surface area contributed by atoms with Crippen molar-refractivity contribution in [2.45, 2.75) is 45.8 Å². The fraction of sp³-hybridized carbons (Fsp3) is 0.409. The fourth-order valence-electron chi connectivity index (χ4n) is 3.35. The van der Waals surface area contributed by atoms with E-state index in [0.29, 0.717) is 6.42 Å². The van der Waals surface area contributed by atoms with Crippen molar-refractivity contribution in [1.29, 1.82) is 0 Å². The molecule has 1 amide bonds. The Hall–Kier alpha value is -2.69. The van der Waals surface area contributed by atoms with Crippen LogP contribution < -0.4 is 19.5 Å². The van der Waals surface area contributed by atoms with Crippen molar-refractivity contribution in [3.05, 3.63) is 53.1 Å². The van der Waals surface area contributed by atoms with Crippen LogP contribution in [0.4, 0.5) is 0 Å². The number of fused-ring (bicyclic) bond motifs is 1. The molecular weight excluding hydrogens is 342 g/mol. The van der Waals surface area contributed by atoms with Crippen LogP contribution in [0.15, 0.2) is 36.4 Å². The third-order valence-corrected chi connectivity index (χ3v) is 4.93. The number of amides is 1. The largest absolute Gasteiger partial charge is 0.497 e. The second-order valence-electron chi connectivity index (χ2n) is 7.58. The molecule has 0 fully saturated rings. The SMILES string of the molecule is COc1ccc2c(c1)OC(C)(C)C[C@@H]2NC(=O)COc1cccc(C)c1C. The second-order valence-corrected chi connectivity index (χ2v) is 7.58. The van der Waals surface area contributed by atoms with Crippen LogP contribution in [-0.2, 0) is 4.79 Å². The zero-order valence-electron chi connectivity index (χ0n) is 16.6. The van der Waals surface area contributed by atoms with Gasteiger partial charge in [-0.25, -0.2) is 0 Å². The molecule has 27 heavy (non-hydrogen) atoms. The third kappa shape index (κ3) is 4.35. The molecule has 144 valence electrons. The monoisotopic (exact) mass is 369 g/mol. The Labute approximate surface area is 160 Å². The number of benzene rings is 2. The minimum atomic E-state index is -0.384. The molecule has 0 spiro atoms. The van der Waals surface area contributed by atoms with Crippen LogP contribution in [0.25, 0.3) is 0 Å². The average molecular weight is 369 g/mol. The highest BCUT2D eigenvalue weighted by molar-refractivity contribution is 5.78. The molecule has 0 bridgehead atoms. The van der Waals surface area contributed by atoms with Gasteiger partial charge in [0.05, 0.1) is 13.2 Å². The van der Waals surface area contributed by atoms with E-state index in [2.05, 4.69) is 5.32 Å². The van der Waals surface area contributed by atoms with Gasteiger partial charge in [-0.15, -0.1) is 0 Å². The number of aryl methyl sites for hydroxylation is 1. The Morgan fingerprint density at radius 1 is 1.26 bits per heavy atom. The smallest absolute Gasteiger partial charge is 0.258 e. The lowest BCUT2D eigenvalue weighted by molar-refractivity contribution is -0.124. The van der Waals surface area contributed by atoms with Gasteiger partial charge in [-0.3, -0.25) is 4.79 Å². The van der Waals surface area contributed by atoms with Gasteiger partial charge in [-0.1, -0.05) is 12.1 Å². The van der Waals surface area contributed by atoms with Crippen molar-refractivity contribution in [2.75, 3.05) is 13.7 Å². The Morgan fingerprint density at radius 2 is 2.04 bits per heavy atom. The van der Waals surface area contributed by atoms with Crippen molar-refractivity contribution in [3.63, 3.8) is 0 Å². The summed E-state index contributed by atoms with van der Waals surface area (Å²) in [6.07, 6.45) is 0.682. The molecule has 0 unspecified atom stereocenters. The molecule has 2 aromatic rings. The maximum atomic E-state index is 12.5. The molecule has 0 aliphatic carbocycles. The van der Waals surface area contributed by atoms with Crippen molar-refractivity contribution < 1.29 is 19.0 Å². The van der Waals surface area contributed by atoms with E-state index in [1.54, 1.807) is 7.11 Å². The van der Waals surface area contributed by atoms with E-state index in [0.717, 1.165) is 33.9 Å². The van der Waals surface area contributed by atoms with Crippen molar-refractivity contribution in [3.8, 4) is 17.2 Å². The first-order valence-electron chi connectivity index (χ1n) is 9.14. The molecule has 1 aliphatic heterocycles. The van der Waals surface area contributed by atoms with E-state index < -0.39 is 0 Å². The van der Waals surface area contributed by atoms with Gasteiger partial charge in [-0.2, -0.15) is 0 Å². The summed E-state index contributed by atoms with van der Waals surface area (Å²) in [5.74, 6) is 2.06. The fourth-order valence-corrected chi connectivity index (χ4v) is 3.35. The molecule has 3 rings (SSSR count). The van der Waals surface area contributed by atoms with Gasteiger partial charge in [0, 0.05) is 18.1 Å². The number of rotatable bonds is 5. The Bertz CT molecular complexity index is 844. The summed E-state index contributed by atoms with van der Waals surface area (Å²) in [5, 5.41) is 3.09. The standard InChI is InChI=1S/C22H27NO4/c1-14-7-6-8-19(15(14)2)26-13-21(24)23-18-12-22(3,4)27-20-11-16(25-5)9-10-17(18)20/h6-11,18H,12-13H2,1-5H3,(H,23,24)/t18-/m0/s1. The number of hydrogen-bond acceptors (Lipinski definition) is 4. The van der Waals surface area contributed by atoms with Gasteiger partial charge in [0.1, 0.15) is 22.8 Å². The first kappa shape index (κ1) is 19.1. The van der Waals surface area contributed by atoms with Crippen molar-refractivity contribution >= 4 is 5.91 Å². The number of hydrogen-bond donors (Lipinski definition) is 1. The van der Waals surface area contributed by atoms with Gasteiger partial charge in [-0.05, 0) is 57.0 Å². The molecule has 0 saturated carbocycles. The summed E-state index contributed by atoms with van der Waals surface area (Å²) < 4.78 is 17.1. The van der Waals surface area contributed by atoms with Gasteiger partial charge in [0.2, 0.25) is 0 Å². The second kappa shape index (κ2) is 7.51. The van der Waals surface area contributed by atoms with Crippen LogP contribution in [0, 0.1) is 13.8 Å². The van der Waals surface area contributed by atoms with Crippen LogP contribution in [0.5, 0.6) is 17.2 Å². The van der Waals surface area contributed by atoms with E-state index in [1.165, 1.54) is 0 Å². The summed E-state index contributed by atoms with van der Waals surface area (Å²) >= 11 is 0. The zero-order chi connectivity index (χ0) is 19.6. The van der Waals surface area contributed by atoms with Crippen LogP contribution in [-0.4, -0.2) is 25.2 Å². The summed E-state index contributed by atoms with van der Waals surface area (Å²) in [5.41, 5.74) is 2.76. The molecule has 2 aromatic carbocycles. The van der Waals surface area contributed by atoms with E-state index in [-0.39, 0.29) is 24.2 Å². The summed E-state index contributed by atoms with van der Waals surface area (Å²) in [7, 11) is 1.62. The number of ether oxygens (including phenoxy) is 3. The molecule has 1 N–H and O–H groups in total. The lowest BCUT2D eigenvalue weighted by Crippen LogP contribution is -2.42. The van der Waals surface area contributed by atoms with Gasteiger partial charge < -0.3 is 19.5 Å². The topological polar surface area (TPSA) is 56.8 Å². The van der Waals surface area contributed by atoms with Crippen LogP contribution in [0.2, 0.25) is 0 Å². The highest BCUT2D eigenvalue weighted by Crippen LogP contribution is 2.41. The van der Waals surface area contributed by atoms with Crippen molar-refractivity contribution in [2.24, 2.45) is 0 Å². The minimum Gasteiger partial charge on any atom is -0.497 e. The summed E-state index contributed by atoms with van der Waals surface area (Å²) in [6, 6.07) is 11.4. The predicted octanol–water partition coefficient (Wildman–Crippen LogP) is 4.11.